The number of halogens is 2. The van der Waals surface area contributed by atoms with Crippen LogP contribution in [-0.4, -0.2) is 44.4 Å². The van der Waals surface area contributed by atoms with Crippen molar-refractivity contribution in [1.82, 2.24) is 5.32 Å². The Morgan fingerprint density at radius 1 is 1.14 bits per heavy atom. The molecule has 8 nitrogen and oxygen atoms in total. The van der Waals surface area contributed by atoms with E-state index in [1.165, 1.54) is 30.3 Å². The van der Waals surface area contributed by atoms with E-state index < -0.39 is 39.7 Å². The molecule has 1 atom stereocenters. The van der Waals surface area contributed by atoms with Crippen LogP contribution >= 0.6 is 0 Å². The molecule has 2 aromatic carbocycles. The molecule has 0 aromatic heterocycles. The summed E-state index contributed by atoms with van der Waals surface area (Å²) >= 11 is 0. The van der Waals surface area contributed by atoms with E-state index in [1.54, 1.807) is 6.07 Å². The fourth-order valence-electron chi connectivity index (χ4n) is 3.16. The largest absolute Gasteiger partial charge is 0.465 e. The average molecular weight is 425 g/mol. The monoisotopic (exact) mass is 425 g/mol. The molecule has 1 heterocycles. The van der Waals surface area contributed by atoms with E-state index in [0.29, 0.717) is 0 Å². The summed E-state index contributed by atoms with van der Waals surface area (Å²) in [4.78, 5) is 24.0. The molecule has 11 heteroatoms. The van der Waals surface area contributed by atoms with Gasteiger partial charge in [-0.1, -0.05) is 18.2 Å². The first-order valence-electron chi connectivity index (χ1n) is 8.44. The van der Waals surface area contributed by atoms with Crippen LogP contribution in [0.4, 0.5) is 25.0 Å². The molecule has 1 aliphatic rings. The second-order valence-electron chi connectivity index (χ2n) is 6.46. The van der Waals surface area contributed by atoms with Crippen LogP contribution in [0.2, 0.25) is 0 Å². The van der Waals surface area contributed by atoms with Gasteiger partial charge in [0.2, 0.25) is 15.9 Å². The summed E-state index contributed by atoms with van der Waals surface area (Å²) in [5.74, 6) is -3.23. The van der Waals surface area contributed by atoms with Crippen molar-refractivity contribution in [2.45, 2.75) is 12.5 Å². The number of amides is 2. The van der Waals surface area contributed by atoms with Gasteiger partial charge in [0.15, 0.2) is 11.6 Å². The molecule has 1 unspecified atom stereocenters. The smallest absolute Gasteiger partial charge is 0.405 e. The second kappa shape index (κ2) is 7.66. The first kappa shape index (κ1) is 20.5. The third-order valence-corrected chi connectivity index (χ3v) is 4.96. The summed E-state index contributed by atoms with van der Waals surface area (Å²) in [6.07, 6.45) is -0.332. The van der Waals surface area contributed by atoms with Gasteiger partial charge in [0, 0.05) is 17.7 Å². The van der Waals surface area contributed by atoms with E-state index in [9.17, 15) is 26.8 Å². The average Bonchev–Trinajstić information content (AvgIpc) is 2.97. The highest BCUT2D eigenvalue weighted by Crippen LogP contribution is 2.35. The molecule has 3 rings (SSSR count). The van der Waals surface area contributed by atoms with Crippen LogP contribution in [-0.2, 0) is 14.8 Å². The van der Waals surface area contributed by atoms with E-state index in [0.717, 1.165) is 11.2 Å². The lowest BCUT2D eigenvalue weighted by Gasteiger charge is -2.19. The highest BCUT2D eigenvalue weighted by molar-refractivity contribution is 7.92. The molecule has 29 heavy (non-hydrogen) atoms. The van der Waals surface area contributed by atoms with Crippen LogP contribution in [0.25, 0.3) is 11.1 Å². The molecule has 1 saturated heterocycles. The van der Waals surface area contributed by atoms with Gasteiger partial charge in [0.05, 0.1) is 17.6 Å². The summed E-state index contributed by atoms with van der Waals surface area (Å²) in [6, 6.07) is 7.33. The summed E-state index contributed by atoms with van der Waals surface area (Å²) in [6.45, 7) is 0.0196. The Bertz CT molecular complexity index is 1090. The van der Waals surface area contributed by atoms with Crippen molar-refractivity contribution in [3.63, 3.8) is 0 Å². The van der Waals surface area contributed by atoms with Crippen molar-refractivity contribution >= 4 is 33.4 Å². The van der Waals surface area contributed by atoms with Crippen LogP contribution in [0.5, 0.6) is 0 Å². The van der Waals surface area contributed by atoms with Gasteiger partial charge in [-0.05, 0) is 24.6 Å². The zero-order valence-electron chi connectivity index (χ0n) is 15.1. The third-order valence-electron chi connectivity index (χ3n) is 4.37. The number of nitrogens with one attached hydrogen (secondary N) is 2. The number of nitrogens with zero attached hydrogens (tertiary/aromatic N) is 1. The minimum absolute atomic E-state index is 0.0196. The summed E-state index contributed by atoms with van der Waals surface area (Å²) in [7, 11) is -3.65. The zero-order valence-corrected chi connectivity index (χ0v) is 16.0. The maximum atomic E-state index is 14.8. The van der Waals surface area contributed by atoms with Crippen molar-refractivity contribution in [2.24, 2.45) is 0 Å². The highest BCUT2D eigenvalue weighted by atomic mass is 32.2. The number of hydrogen-bond donors (Lipinski definition) is 3. The molecule has 0 aliphatic carbocycles. The number of carboxylic acid groups (broad SMARTS) is 1. The van der Waals surface area contributed by atoms with Gasteiger partial charge in [-0.25, -0.2) is 22.0 Å². The van der Waals surface area contributed by atoms with Gasteiger partial charge >= 0.3 is 6.09 Å². The number of carbonyl (C=O) groups excluding carboxylic acids is 1. The second-order valence-corrected chi connectivity index (χ2v) is 8.21. The van der Waals surface area contributed by atoms with Crippen molar-refractivity contribution in [1.29, 1.82) is 0 Å². The lowest BCUT2D eigenvalue weighted by atomic mass is 10.0. The Morgan fingerprint density at radius 3 is 2.48 bits per heavy atom. The number of hydrogen-bond acceptors (Lipinski definition) is 4. The molecular formula is C18H17F2N3O5S. The molecule has 3 N–H and O–H groups in total. The van der Waals surface area contributed by atoms with E-state index in [4.69, 9.17) is 5.11 Å². The minimum atomic E-state index is -3.65. The predicted molar refractivity (Wildman–Crippen MR) is 102 cm³/mol. The van der Waals surface area contributed by atoms with Crippen LogP contribution in [0.15, 0.2) is 36.4 Å². The molecule has 0 bridgehead atoms. The van der Waals surface area contributed by atoms with Crippen molar-refractivity contribution in [3.8, 4) is 11.1 Å². The molecule has 2 amide bonds. The molecule has 2 aromatic rings. The summed E-state index contributed by atoms with van der Waals surface area (Å²) in [5, 5.41) is 10.8. The highest BCUT2D eigenvalue weighted by Gasteiger charge is 2.35. The maximum Gasteiger partial charge on any atom is 0.405 e. The molecule has 0 saturated carbocycles. The molecule has 154 valence electrons. The maximum absolute atomic E-state index is 14.8. The topological polar surface area (TPSA) is 116 Å². The molecule has 1 aliphatic heterocycles. The minimum Gasteiger partial charge on any atom is -0.465 e. The van der Waals surface area contributed by atoms with E-state index in [1.807, 2.05) is 5.32 Å². The van der Waals surface area contributed by atoms with Gasteiger partial charge in [-0.15, -0.1) is 0 Å². The molecule has 0 spiro atoms. The van der Waals surface area contributed by atoms with Crippen molar-refractivity contribution in [3.05, 3.63) is 48.0 Å². The first-order valence-corrected chi connectivity index (χ1v) is 10.3. The van der Waals surface area contributed by atoms with Gasteiger partial charge in [-0.3, -0.25) is 9.52 Å². The quantitative estimate of drug-likeness (QED) is 0.680. The number of benzene rings is 2. The molecular weight excluding hydrogens is 408 g/mol. The number of carbonyl (C=O) groups is 2. The normalized spacial score (nSPS) is 16.7. The van der Waals surface area contributed by atoms with Crippen LogP contribution in [0.1, 0.15) is 6.42 Å². The Kier molecular flexibility index (Phi) is 5.42. The van der Waals surface area contributed by atoms with Gasteiger partial charge in [0.1, 0.15) is 6.04 Å². The van der Waals surface area contributed by atoms with Crippen molar-refractivity contribution in [2.75, 3.05) is 22.4 Å². The standard InChI is InChI=1S/C18H17F2N3O5S/c1-29(27,28)22-12-5-3-2-4-10(12)11-6-7-14(16(20)15(11)19)23-9-8-13(17(23)24)21-18(25)26/h2-7,13,21-22H,8-9H2,1H3,(H,25,26). The van der Waals surface area contributed by atoms with Gasteiger partial charge in [0.25, 0.3) is 0 Å². The number of anilines is 2. The summed E-state index contributed by atoms with van der Waals surface area (Å²) in [5.41, 5.74) is -0.313. The SMILES string of the molecule is CS(=O)(=O)Nc1ccccc1-c1ccc(N2CCC(NC(=O)O)C2=O)c(F)c1F. The number of rotatable bonds is 5. The Balaban J connectivity index is 1.98. The van der Waals surface area contributed by atoms with E-state index >= 15 is 0 Å². The van der Waals surface area contributed by atoms with Gasteiger partial charge in [-0.2, -0.15) is 0 Å². The Morgan fingerprint density at radius 2 is 1.83 bits per heavy atom. The van der Waals surface area contributed by atoms with Crippen LogP contribution in [0, 0.1) is 11.6 Å². The van der Waals surface area contributed by atoms with E-state index in [2.05, 4.69) is 4.72 Å². The Hall–Kier alpha value is -3.21. The van der Waals surface area contributed by atoms with Crippen LogP contribution in [0.3, 0.4) is 0 Å². The lowest BCUT2D eigenvalue weighted by Crippen LogP contribution is -2.41. The van der Waals surface area contributed by atoms with Crippen LogP contribution < -0.4 is 14.9 Å². The predicted octanol–water partition coefficient (Wildman–Crippen LogP) is 2.38. The van der Waals surface area contributed by atoms with Gasteiger partial charge < -0.3 is 15.3 Å². The molecule has 0 radical (unpaired) electrons. The summed E-state index contributed by atoms with van der Waals surface area (Å²) < 4.78 is 55.0. The van der Waals surface area contributed by atoms with E-state index in [-0.39, 0.29) is 35.5 Å². The number of sulfonamides is 1. The number of para-hydroxylation sites is 1. The molecule has 1 fully saturated rings. The fraction of sp³-hybridized carbons (Fsp3) is 0.222. The third kappa shape index (κ3) is 4.29. The lowest BCUT2D eigenvalue weighted by molar-refractivity contribution is -0.118. The first-order chi connectivity index (χ1) is 13.6. The fourth-order valence-corrected chi connectivity index (χ4v) is 3.74. The Labute approximate surface area is 165 Å². The zero-order chi connectivity index (χ0) is 21.3. The van der Waals surface area contributed by atoms with Crippen molar-refractivity contribution < 1.29 is 31.9 Å².